The number of benzene rings is 2. The first-order valence-electron chi connectivity index (χ1n) is 7.45. The van der Waals surface area contributed by atoms with Gasteiger partial charge in [-0.25, -0.2) is 4.98 Å². The number of para-hydroxylation sites is 2. The van der Waals surface area contributed by atoms with Crippen molar-refractivity contribution in [3.8, 4) is 0 Å². The molecule has 23 heavy (non-hydrogen) atoms. The second-order valence-corrected chi connectivity index (χ2v) is 5.33. The highest BCUT2D eigenvalue weighted by Gasteiger charge is 2.09. The van der Waals surface area contributed by atoms with Crippen LogP contribution in [0.2, 0.25) is 0 Å². The number of nitrogens with zero attached hydrogens (tertiary/aromatic N) is 2. The van der Waals surface area contributed by atoms with Gasteiger partial charge in [-0.3, -0.25) is 4.79 Å². The number of hydrogen-bond donors (Lipinski definition) is 0. The molecule has 0 saturated carbocycles. The molecule has 3 heteroatoms. The van der Waals surface area contributed by atoms with Gasteiger partial charge in [-0.15, -0.1) is 0 Å². The first-order chi connectivity index (χ1) is 11.4. The van der Waals surface area contributed by atoms with Gasteiger partial charge in [-0.05, 0) is 35.9 Å². The molecule has 110 valence electrons. The summed E-state index contributed by atoms with van der Waals surface area (Å²) < 4.78 is 1.96. The topological polar surface area (TPSA) is 34.4 Å². The Balaban J connectivity index is 1.97. The van der Waals surface area contributed by atoms with Crippen LogP contribution >= 0.6 is 0 Å². The standard InChI is InChI=1S/C20H14N2O/c23-14-16-11-13-20-18(12-10-15-6-2-1-3-7-15)21-17-8-4-5-9-19(17)22(16)20/h1-14H/b12-10+. The first kappa shape index (κ1) is 13.5. The van der Waals surface area contributed by atoms with Crippen LogP contribution in [-0.2, 0) is 0 Å². The van der Waals surface area contributed by atoms with E-state index < -0.39 is 0 Å². The molecule has 0 fully saturated rings. The third kappa shape index (κ3) is 2.32. The van der Waals surface area contributed by atoms with Crippen molar-refractivity contribution in [3.05, 3.63) is 83.7 Å². The average Bonchev–Trinajstić information content (AvgIpc) is 3.05. The smallest absolute Gasteiger partial charge is 0.166 e. The minimum atomic E-state index is 0.632. The van der Waals surface area contributed by atoms with Gasteiger partial charge in [0.1, 0.15) is 0 Å². The van der Waals surface area contributed by atoms with E-state index in [2.05, 4.69) is 0 Å². The summed E-state index contributed by atoms with van der Waals surface area (Å²) in [5.74, 6) is 0. The summed E-state index contributed by atoms with van der Waals surface area (Å²) in [5.41, 5.74) is 5.33. The van der Waals surface area contributed by atoms with Crippen LogP contribution in [0.25, 0.3) is 28.7 Å². The van der Waals surface area contributed by atoms with E-state index in [9.17, 15) is 4.79 Å². The van der Waals surface area contributed by atoms with Gasteiger partial charge in [-0.2, -0.15) is 0 Å². The Morgan fingerprint density at radius 2 is 1.57 bits per heavy atom. The molecule has 0 aliphatic carbocycles. The number of carbonyl (C=O) groups excluding carboxylic acids is 1. The van der Waals surface area contributed by atoms with Gasteiger partial charge in [0.2, 0.25) is 0 Å². The summed E-state index contributed by atoms with van der Waals surface area (Å²) in [4.78, 5) is 16.1. The normalized spacial score (nSPS) is 11.5. The molecular formula is C20H14N2O. The maximum absolute atomic E-state index is 11.4. The number of rotatable bonds is 3. The van der Waals surface area contributed by atoms with Crippen molar-refractivity contribution in [2.75, 3.05) is 0 Å². The fourth-order valence-electron chi connectivity index (χ4n) is 2.81. The Bertz CT molecular complexity index is 1030. The zero-order chi connectivity index (χ0) is 15.6. The molecule has 3 nitrogen and oxygen atoms in total. The van der Waals surface area contributed by atoms with Gasteiger partial charge in [0, 0.05) is 0 Å². The predicted octanol–water partition coefficient (Wildman–Crippen LogP) is 4.47. The first-order valence-corrected chi connectivity index (χ1v) is 7.45. The van der Waals surface area contributed by atoms with Crippen LogP contribution in [0.4, 0.5) is 0 Å². The second kappa shape index (κ2) is 5.54. The van der Waals surface area contributed by atoms with Crippen molar-refractivity contribution in [3.63, 3.8) is 0 Å². The molecule has 0 radical (unpaired) electrons. The van der Waals surface area contributed by atoms with Crippen molar-refractivity contribution >= 4 is 35.0 Å². The zero-order valence-electron chi connectivity index (χ0n) is 12.4. The van der Waals surface area contributed by atoms with E-state index in [4.69, 9.17) is 4.98 Å². The molecule has 0 saturated heterocycles. The summed E-state index contributed by atoms with van der Waals surface area (Å²) in [7, 11) is 0. The fourth-order valence-corrected chi connectivity index (χ4v) is 2.81. The minimum absolute atomic E-state index is 0.632. The largest absolute Gasteiger partial charge is 0.303 e. The van der Waals surface area contributed by atoms with Crippen molar-refractivity contribution < 1.29 is 4.79 Å². The second-order valence-electron chi connectivity index (χ2n) is 5.33. The Hall–Kier alpha value is -3.20. The van der Waals surface area contributed by atoms with E-state index in [0.717, 1.165) is 34.1 Å². The van der Waals surface area contributed by atoms with Gasteiger partial charge >= 0.3 is 0 Å². The third-order valence-corrected chi connectivity index (χ3v) is 3.89. The highest BCUT2D eigenvalue weighted by atomic mass is 16.1. The van der Waals surface area contributed by atoms with E-state index in [-0.39, 0.29) is 0 Å². The van der Waals surface area contributed by atoms with Crippen LogP contribution in [0.3, 0.4) is 0 Å². The van der Waals surface area contributed by atoms with Crippen LogP contribution in [0, 0.1) is 0 Å². The molecule has 0 aliphatic heterocycles. The van der Waals surface area contributed by atoms with E-state index in [1.54, 1.807) is 0 Å². The number of hydrogen-bond acceptors (Lipinski definition) is 2. The molecule has 4 rings (SSSR count). The lowest BCUT2D eigenvalue weighted by molar-refractivity contribution is 0.111. The average molecular weight is 298 g/mol. The van der Waals surface area contributed by atoms with Gasteiger partial charge in [0.25, 0.3) is 0 Å². The maximum Gasteiger partial charge on any atom is 0.166 e. The highest BCUT2D eigenvalue weighted by molar-refractivity contribution is 5.89. The SMILES string of the molecule is O=Cc1ccc2c(/C=C/c3ccccc3)nc3ccccc3n12. The van der Waals surface area contributed by atoms with Crippen LogP contribution in [0.15, 0.2) is 66.7 Å². The van der Waals surface area contributed by atoms with E-state index >= 15 is 0 Å². The Morgan fingerprint density at radius 3 is 2.39 bits per heavy atom. The molecule has 2 aromatic carbocycles. The highest BCUT2D eigenvalue weighted by Crippen LogP contribution is 2.22. The maximum atomic E-state index is 11.4. The fraction of sp³-hybridized carbons (Fsp3) is 0. The lowest BCUT2D eigenvalue weighted by Crippen LogP contribution is -1.97. The van der Waals surface area contributed by atoms with Gasteiger partial charge in [-0.1, -0.05) is 48.5 Å². The third-order valence-electron chi connectivity index (χ3n) is 3.89. The van der Waals surface area contributed by atoms with Crippen molar-refractivity contribution in [1.29, 1.82) is 0 Å². The number of fused-ring (bicyclic) bond motifs is 3. The van der Waals surface area contributed by atoms with E-state index in [1.165, 1.54) is 0 Å². The Labute approximate surface area is 133 Å². The molecule has 4 aromatic rings. The van der Waals surface area contributed by atoms with Crippen LogP contribution in [0.5, 0.6) is 0 Å². The summed E-state index contributed by atoms with van der Waals surface area (Å²) in [6.07, 6.45) is 4.90. The quantitative estimate of drug-likeness (QED) is 0.523. The Morgan fingerprint density at radius 1 is 0.783 bits per heavy atom. The summed E-state index contributed by atoms with van der Waals surface area (Å²) >= 11 is 0. The van der Waals surface area contributed by atoms with Gasteiger partial charge in [0.05, 0.1) is 27.9 Å². The molecule has 0 N–H and O–H groups in total. The molecule has 0 atom stereocenters. The lowest BCUT2D eigenvalue weighted by atomic mass is 10.2. The molecule has 2 aromatic heterocycles. The van der Waals surface area contributed by atoms with E-state index in [0.29, 0.717) is 5.69 Å². The molecule has 0 aliphatic rings. The number of carbonyl (C=O) groups is 1. The summed E-state index contributed by atoms with van der Waals surface area (Å²) in [6, 6.07) is 21.7. The molecule has 2 heterocycles. The van der Waals surface area contributed by atoms with Crippen LogP contribution < -0.4 is 0 Å². The van der Waals surface area contributed by atoms with Crippen LogP contribution in [0.1, 0.15) is 21.7 Å². The monoisotopic (exact) mass is 298 g/mol. The molecule has 0 bridgehead atoms. The van der Waals surface area contributed by atoms with Crippen molar-refractivity contribution in [2.45, 2.75) is 0 Å². The van der Waals surface area contributed by atoms with Crippen molar-refractivity contribution in [2.24, 2.45) is 0 Å². The molecule has 0 unspecified atom stereocenters. The van der Waals surface area contributed by atoms with Gasteiger partial charge < -0.3 is 4.40 Å². The number of aromatic nitrogens is 2. The molecule has 0 amide bonds. The van der Waals surface area contributed by atoms with Crippen molar-refractivity contribution in [1.82, 2.24) is 9.38 Å². The Kier molecular flexibility index (Phi) is 3.24. The molecular weight excluding hydrogens is 284 g/mol. The predicted molar refractivity (Wildman–Crippen MR) is 93.5 cm³/mol. The number of aldehydes is 1. The lowest BCUT2D eigenvalue weighted by Gasteiger charge is -2.07. The molecule has 0 spiro atoms. The van der Waals surface area contributed by atoms with Gasteiger partial charge in [0.15, 0.2) is 6.29 Å². The minimum Gasteiger partial charge on any atom is -0.303 e. The van der Waals surface area contributed by atoms with Crippen LogP contribution in [-0.4, -0.2) is 15.7 Å². The summed E-state index contributed by atoms with van der Waals surface area (Å²) in [5, 5.41) is 0. The zero-order valence-corrected chi connectivity index (χ0v) is 12.4. The summed E-state index contributed by atoms with van der Waals surface area (Å²) in [6.45, 7) is 0. The van der Waals surface area contributed by atoms with E-state index in [1.807, 2.05) is 83.3 Å².